The molecule has 2 aliphatic rings. The largest absolute Gasteiger partial charge is 0.378 e. The van der Waals surface area contributed by atoms with Crippen LogP contribution in [-0.4, -0.2) is 53.4 Å². The molecule has 128 valence electrons. The highest BCUT2D eigenvalue weighted by Crippen LogP contribution is 2.28. The Morgan fingerprint density at radius 2 is 1.96 bits per heavy atom. The molecule has 9 heteroatoms. The van der Waals surface area contributed by atoms with E-state index in [4.69, 9.17) is 27.9 Å². The van der Waals surface area contributed by atoms with Crippen molar-refractivity contribution in [2.45, 2.75) is 11.7 Å². The van der Waals surface area contributed by atoms with Gasteiger partial charge in [-0.15, -0.1) is 0 Å². The summed E-state index contributed by atoms with van der Waals surface area (Å²) in [5, 5.41) is 3.74. The van der Waals surface area contributed by atoms with Gasteiger partial charge in [-0.05, 0) is 18.2 Å². The third-order valence-corrected chi connectivity index (χ3v) is 5.18. The van der Waals surface area contributed by atoms with Gasteiger partial charge in [0.2, 0.25) is 5.91 Å². The molecule has 0 bridgehead atoms. The van der Waals surface area contributed by atoms with Crippen molar-refractivity contribution in [1.29, 1.82) is 0 Å². The second-order valence-electron chi connectivity index (χ2n) is 5.35. The lowest BCUT2D eigenvalue weighted by molar-refractivity contribution is -0.121. The Morgan fingerprint density at radius 3 is 2.62 bits per heavy atom. The average molecular weight is 388 g/mol. The van der Waals surface area contributed by atoms with Gasteiger partial charge in [-0.3, -0.25) is 9.59 Å². The number of anilines is 1. The maximum Gasteiger partial charge on any atom is 0.262 e. The van der Waals surface area contributed by atoms with Crippen molar-refractivity contribution in [3.05, 3.63) is 28.2 Å². The zero-order chi connectivity index (χ0) is 17.1. The van der Waals surface area contributed by atoms with E-state index >= 15 is 0 Å². The predicted molar refractivity (Wildman–Crippen MR) is 95.9 cm³/mol. The maximum absolute atomic E-state index is 12.2. The van der Waals surface area contributed by atoms with Crippen molar-refractivity contribution in [3.63, 3.8) is 0 Å². The molecule has 6 nitrogen and oxygen atoms in total. The molecule has 2 aliphatic heterocycles. The fourth-order valence-electron chi connectivity index (χ4n) is 2.41. The van der Waals surface area contributed by atoms with Crippen LogP contribution in [0.25, 0.3) is 0 Å². The molecular formula is C15H15Cl2N3O3S. The lowest BCUT2D eigenvalue weighted by Crippen LogP contribution is -2.39. The predicted octanol–water partition coefficient (Wildman–Crippen LogP) is 2.65. The summed E-state index contributed by atoms with van der Waals surface area (Å²) in [4.78, 5) is 30.3. The first-order chi connectivity index (χ1) is 11.5. The van der Waals surface area contributed by atoms with Gasteiger partial charge in [0.25, 0.3) is 5.91 Å². The zero-order valence-electron chi connectivity index (χ0n) is 12.6. The lowest BCUT2D eigenvalue weighted by atomic mass is 10.2. The Kier molecular flexibility index (Phi) is 5.65. The van der Waals surface area contributed by atoms with Crippen LogP contribution in [0.5, 0.6) is 0 Å². The quantitative estimate of drug-likeness (QED) is 0.862. The van der Waals surface area contributed by atoms with E-state index in [9.17, 15) is 9.59 Å². The van der Waals surface area contributed by atoms with E-state index in [1.54, 1.807) is 18.2 Å². The van der Waals surface area contributed by atoms with Crippen molar-refractivity contribution in [3.8, 4) is 0 Å². The summed E-state index contributed by atoms with van der Waals surface area (Å²) >= 11 is 13.1. The molecule has 0 unspecified atom stereocenters. The Labute approximate surface area is 153 Å². The number of morpholine rings is 1. The van der Waals surface area contributed by atoms with Crippen LogP contribution < -0.4 is 5.32 Å². The van der Waals surface area contributed by atoms with Gasteiger partial charge in [-0.25, -0.2) is 0 Å². The van der Waals surface area contributed by atoms with Gasteiger partial charge in [-0.1, -0.05) is 35.0 Å². The zero-order valence-corrected chi connectivity index (χ0v) is 15.0. The molecule has 0 radical (unpaired) electrons. The van der Waals surface area contributed by atoms with Gasteiger partial charge in [0.15, 0.2) is 5.17 Å². The fourth-order valence-corrected chi connectivity index (χ4v) is 4.05. The van der Waals surface area contributed by atoms with Crippen LogP contribution in [0.1, 0.15) is 6.42 Å². The lowest BCUT2D eigenvalue weighted by Gasteiger charge is -2.27. The van der Waals surface area contributed by atoms with Crippen molar-refractivity contribution in [2.75, 3.05) is 31.6 Å². The van der Waals surface area contributed by atoms with Gasteiger partial charge in [0.1, 0.15) is 5.25 Å². The van der Waals surface area contributed by atoms with Crippen LogP contribution >= 0.6 is 35.0 Å². The highest BCUT2D eigenvalue weighted by Gasteiger charge is 2.33. The Bertz CT molecular complexity index is 672. The number of aliphatic imine (C=N–C) groups is 1. The number of carbonyl (C=O) groups is 2. The van der Waals surface area contributed by atoms with Crippen molar-refractivity contribution < 1.29 is 14.3 Å². The van der Waals surface area contributed by atoms with Crippen molar-refractivity contribution in [1.82, 2.24) is 4.90 Å². The van der Waals surface area contributed by atoms with Gasteiger partial charge >= 0.3 is 0 Å². The number of nitrogens with zero attached hydrogens (tertiary/aromatic N) is 2. The van der Waals surface area contributed by atoms with Crippen LogP contribution in [-0.2, 0) is 14.3 Å². The smallest absolute Gasteiger partial charge is 0.262 e. The number of hydrogen-bond donors (Lipinski definition) is 1. The second-order valence-corrected chi connectivity index (χ2v) is 7.39. The van der Waals surface area contributed by atoms with E-state index in [-0.39, 0.29) is 18.2 Å². The molecule has 1 aromatic rings. The summed E-state index contributed by atoms with van der Waals surface area (Å²) in [6, 6.07) is 4.78. The molecule has 1 aromatic carbocycles. The fraction of sp³-hybridized carbons (Fsp3) is 0.400. The van der Waals surface area contributed by atoms with Crippen LogP contribution in [0.2, 0.25) is 10.0 Å². The summed E-state index contributed by atoms with van der Waals surface area (Å²) in [6.07, 6.45) is 0.0466. The van der Waals surface area contributed by atoms with Crippen LogP contribution in [0, 0.1) is 0 Å². The summed E-state index contributed by atoms with van der Waals surface area (Å²) in [5.74, 6) is -0.557. The molecule has 0 aromatic heterocycles. The standard InChI is InChI=1S/C15H15Cl2N3O3S/c16-9-5-10(17)7-11(6-9)18-13(21)8-12-14(22)19-15(24-12)20-1-3-23-4-2-20/h5-7,12H,1-4,8H2,(H,18,21)/t12-/m1/s1. The van der Waals surface area contributed by atoms with Gasteiger partial charge in [-0.2, -0.15) is 4.99 Å². The molecule has 2 amide bonds. The van der Waals surface area contributed by atoms with Crippen LogP contribution in [0.3, 0.4) is 0 Å². The SMILES string of the molecule is O=C(C[C@H]1SC(N2CCOCC2)=NC1=O)Nc1cc(Cl)cc(Cl)c1. The molecule has 24 heavy (non-hydrogen) atoms. The number of nitrogens with one attached hydrogen (secondary N) is 1. The van der Waals surface area contributed by atoms with E-state index in [1.807, 2.05) is 4.90 Å². The number of carbonyl (C=O) groups excluding carboxylic acids is 2. The Balaban J connectivity index is 1.56. The number of ether oxygens (including phenoxy) is 1. The normalized spacial score (nSPS) is 20.9. The number of amides is 2. The minimum atomic E-state index is -0.502. The molecule has 1 saturated heterocycles. The highest BCUT2D eigenvalue weighted by atomic mass is 35.5. The minimum Gasteiger partial charge on any atom is -0.378 e. The molecule has 0 spiro atoms. The first-order valence-electron chi connectivity index (χ1n) is 7.39. The number of rotatable bonds is 3. The number of hydrogen-bond acceptors (Lipinski definition) is 5. The number of thioether (sulfide) groups is 1. The van der Waals surface area contributed by atoms with E-state index in [0.717, 1.165) is 0 Å². The van der Waals surface area contributed by atoms with Crippen molar-refractivity contribution in [2.24, 2.45) is 4.99 Å². The number of halogens is 2. The summed E-state index contributed by atoms with van der Waals surface area (Å²) in [5.41, 5.74) is 0.502. The molecule has 1 N–H and O–H groups in total. The Hall–Kier alpha value is -1.28. The van der Waals surface area contributed by atoms with Crippen LogP contribution in [0.15, 0.2) is 23.2 Å². The molecule has 0 aliphatic carbocycles. The molecule has 1 fully saturated rings. The summed E-state index contributed by atoms with van der Waals surface area (Å²) in [6.45, 7) is 2.65. The van der Waals surface area contributed by atoms with E-state index in [1.165, 1.54) is 11.8 Å². The number of benzene rings is 1. The third kappa shape index (κ3) is 4.42. The second kappa shape index (κ2) is 7.74. The van der Waals surface area contributed by atoms with E-state index < -0.39 is 5.25 Å². The highest BCUT2D eigenvalue weighted by molar-refractivity contribution is 8.15. The van der Waals surface area contributed by atoms with Gasteiger partial charge in [0.05, 0.1) is 13.2 Å². The summed E-state index contributed by atoms with van der Waals surface area (Å²) < 4.78 is 5.29. The van der Waals surface area contributed by atoms with Crippen LogP contribution in [0.4, 0.5) is 5.69 Å². The molecular weight excluding hydrogens is 373 g/mol. The first kappa shape index (κ1) is 17.5. The molecule has 2 heterocycles. The summed E-state index contributed by atoms with van der Waals surface area (Å²) in [7, 11) is 0. The van der Waals surface area contributed by atoms with E-state index in [0.29, 0.717) is 47.2 Å². The first-order valence-corrected chi connectivity index (χ1v) is 9.02. The minimum absolute atomic E-state index is 0.0466. The van der Waals surface area contributed by atoms with Crippen molar-refractivity contribution >= 4 is 57.6 Å². The van der Waals surface area contributed by atoms with Gasteiger partial charge in [0, 0.05) is 35.2 Å². The van der Waals surface area contributed by atoms with Gasteiger partial charge < -0.3 is 15.0 Å². The monoisotopic (exact) mass is 387 g/mol. The third-order valence-electron chi connectivity index (χ3n) is 3.53. The molecule has 0 saturated carbocycles. The molecule has 3 rings (SSSR count). The Morgan fingerprint density at radius 1 is 1.29 bits per heavy atom. The molecule has 1 atom stereocenters. The number of amidine groups is 1. The topological polar surface area (TPSA) is 71.0 Å². The average Bonchev–Trinajstić information content (AvgIpc) is 2.88. The maximum atomic E-state index is 12.2. The van der Waals surface area contributed by atoms with E-state index in [2.05, 4.69) is 10.3 Å².